The SMILES string of the molecule is CCN1CCN(Cc2ccccc2CNC(=NC)NCCc2ccc(Cl)nc2)CC1.I. The van der Waals surface area contributed by atoms with Crippen molar-refractivity contribution in [2.45, 2.75) is 26.4 Å². The van der Waals surface area contributed by atoms with E-state index in [4.69, 9.17) is 11.6 Å². The molecule has 2 N–H and O–H groups in total. The molecule has 8 heteroatoms. The maximum absolute atomic E-state index is 5.84. The van der Waals surface area contributed by atoms with Crippen LogP contribution in [0.4, 0.5) is 0 Å². The van der Waals surface area contributed by atoms with Gasteiger partial charge in [0.1, 0.15) is 5.15 Å². The number of guanidine groups is 1. The molecule has 0 amide bonds. The van der Waals surface area contributed by atoms with Crippen molar-refractivity contribution in [1.82, 2.24) is 25.4 Å². The number of hydrogen-bond donors (Lipinski definition) is 2. The van der Waals surface area contributed by atoms with Crippen LogP contribution in [0.3, 0.4) is 0 Å². The van der Waals surface area contributed by atoms with Crippen molar-refractivity contribution in [1.29, 1.82) is 0 Å². The molecule has 1 aromatic heterocycles. The smallest absolute Gasteiger partial charge is 0.191 e. The van der Waals surface area contributed by atoms with E-state index in [2.05, 4.69) is 61.6 Å². The fourth-order valence-electron chi connectivity index (χ4n) is 3.67. The molecule has 1 saturated heterocycles. The Balaban J connectivity index is 0.00000341. The summed E-state index contributed by atoms with van der Waals surface area (Å²) in [4.78, 5) is 13.5. The predicted octanol–water partition coefficient (Wildman–Crippen LogP) is 3.40. The van der Waals surface area contributed by atoms with Gasteiger partial charge in [0.2, 0.25) is 0 Å². The van der Waals surface area contributed by atoms with Gasteiger partial charge in [-0.15, -0.1) is 24.0 Å². The van der Waals surface area contributed by atoms with Crippen molar-refractivity contribution in [2.24, 2.45) is 4.99 Å². The van der Waals surface area contributed by atoms with E-state index in [-0.39, 0.29) is 24.0 Å². The van der Waals surface area contributed by atoms with E-state index < -0.39 is 0 Å². The molecule has 1 fully saturated rings. The first-order valence-electron chi connectivity index (χ1n) is 10.7. The average molecular weight is 557 g/mol. The molecule has 0 saturated carbocycles. The number of aromatic nitrogens is 1. The van der Waals surface area contributed by atoms with E-state index in [1.165, 1.54) is 11.1 Å². The molecule has 0 spiro atoms. The third-order valence-electron chi connectivity index (χ3n) is 5.59. The Labute approximate surface area is 208 Å². The van der Waals surface area contributed by atoms with Crippen LogP contribution in [0, 0.1) is 0 Å². The van der Waals surface area contributed by atoms with Gasteiger partial charge in [0, 0.05) is 59.1 Å². The highest BCUT2D eigenvalue weighted by Crippen LogP contribution is 2.13. The Bertz CT molecular complexity index is 806. The van der Waals surface area contributed by atoms with Crippen molar-refractivity contribution in [3.8, 4) is 0 Å². The molecular formula is C23H34ClIN6. The van der Waals surface area contributed by atoms with Crippen molar-refractivity contribution in [3.05, 3.63) is 64.4 Å². The molecule has 0 unspecified atom stereocenters. The molecule has 0 aliphatic carbocycles. The van der Waals surface area contributed by atoms with Crippen LogP contribution < -0.4 is 10.6 Å². The van der Waals surface area contributed by atoms with Gasteiger partial charge in [-0.2, -0.15) is 0 Å². The molecule has 2 aromatic rings. The van der Waals surface area contributed by atoms with Gasteiger partial charge >= 0.3 is 0 Å². The van der Waals surface area contributed by atoms with E-state index in [1.54, 1.807) is 7.05 Å². The summed E-state index contributed by atoms with van der Waals surface area (Å²) in [5.41, 5.74) is 3.86. The van der Waals surface area contributed by atoms with E-state index in [9.17, 15) is 0 Å². The molecule has 1 aliphatic rings. The fourth-order valence-corrected chi connectivity index (χ4v) is 3.78. The van der Waals surface area contributed by atoms with E-state index >= 15 is 0 Å². The van der Waals surface area contributed by atoms with Crippen LogP contribution >= 0.6 is 35.6 Å². The highest BCUT2D eigenvalue weighted by atomic mass is 127. The molecule has 3 rings (SSSR count). The summed E-state index contributed by atoms with van der Waals surface area (Å²) in [6.07, 6.45) is 2.68. The lowest BCUT2D eigenvalue weighted by molar-refractivity contribution is 0.131. The molecule has 1 aromatic carbocycles. The van der Waals surface area contributed by atoms with Crippen molar-refractivity contribution >= 4 is 41.5 Å². The Hall–Kier alpha value is -1.42. The van der Waals surface area contributed by atoms with E-state index in [0.29, 0.717) is 5.15 Å². The highest BCUT2D eigenvalue weighted by Gasteiger charge is 2.16. The number of rotatable bonds is 8. The van der Waals surface area contributed by atoms with Gasteiger partial charge in [-0.1, -0.05) is 48.9 Å². The van der Waals surface area contributed by atoms with Crippen LogP contribution in [0.2, 0.25) is 5.15 Å². The van der Waals surface area contributed by atoms with Crippen LogP contribution in [-0.4, -0.2) is 67.1 Å². The van der Waals surface area contributed by atoms with Crippen molar-refractivity contribution in [3.63, 3.8) is 0 Å². The highest BCUT2D eigenvalue weighted by molar-refractivity contribution is 14.0. The number of benzene rings is 1. The molecule has 6 nitrogen and oxygen atoms in total. The largest absolute Gasteiger partial charge is 0.356 e. The molecule has 170 valence electrons. The van der Waals surface area contributed by atoms with Gasteiger partial charge < -0.3 is 15.5 Å². The fraction of sp³-hybridized carbons (Fsp3) is 0.478. The third-order valence-corrected chi connectivity index (χ3v) is 5.81. The zero-order chi connectivity index (χ0) is 21.2. The minimum absolute atomic E-state index is 0. The Kier molecular flexibility index (Phi) is 11.6. The first-order chi connectivity index (χ1) is 14.7. The maximum Gasteiger partial charge on any atom is 0.191 e. The zero-order valence-corrected chi connectivity index (χ0v) is 21.6. The van der Waals surface area contributed by atoms with Gasteiger partial charge in [-0.3, -0.25) is 9.89 Å². The van der Waals surface area contributed by atoms with Crippen molar-refractivity contribution in [2.75, 3.05) is 46.3 Å². The van der Waals surface area contributed by atoms with Crippen molar-refractivity contribution < 1.29 is 0 Å². The van der Waals surface area contributed by atoms with Crippen LogP contribution in [0.15, 0.2) is 47.6 Å². The number of piperazine rings is 1. The topological polar surface area (TPSA) is 55.8 Å². The maximum atomic E-state index is 5.84. The molecular weight excluding hydrogens is 523 g/mol. The van der Waals surface area contributed by atoms with Crippen LogP contribution in [0.5, 0.6) is 0 Å². The number of aliphatic imine (C=N–C) groups is 1. The predicted molar refractivity (Wildman–Crippen MR) is 140 cm³/mol. The van der Waals surface area contributed by atoms with Crippen LogP contribution in [-0.2, 0) is 19.5 Å². The quantitative estimate of drug-likeness (QED) is 0.226. The average Bonchev–Trinajstić information content (AvgIpc) is 2.79. The number of nitrogens with zero attached hydrogens (tertiary/aromatic N) is 4. The summed E-state index contributed by atoms with van der Waals surface area (Å²) >= 11 is 5.84. The molecule has 0 radical (unpaired) electrons. The normalized spacial score (nSPS) is 15.4. The summed E-state index contributed by atoms with van der Waals surface area (Å²) in [6, 6.07) is 12.5. The first kappa shape index (κ1) is 25.8. The summed E-state index contributed by atoms with van der Waals surface area (Å²) in [5, 5.41) is 7.35. The number of likely N-dealkylation sites (N-methyl/N-ethyl adjacent to an activating group) is 1. The minimum atomic E-state index is 0. The summed E-state index contributed by atoms with van der Waals surface area (Å²) in [6.45, 7) is 10.5. The van der Waals surface area contributed by atoms with Gasteiger partial charge in [-0.05, 0) is 35.7 Å². The number of pyridine rings is 1. The molecule has 2 heterocycles. The lowest BCUT2D eigenvalue weighted by Gasteiger charge is -2.34. The van der Waals surface area contributed by atoms with Crippen LogP contribution in [0.25, 0.3) is 0 Å². The zero-order valence-electron chi connectivity index (χ0n) is 18.5. The number of halogens is 2. The third kappa shape index (κ3) is 8.56. The molecule has 1 aliphatic heterocycles. The lowest BCUT2D eigenvalue weighted by atomic mass is 10.1. The second-order valence-electron chi connectivity index (χ2n) is 7.57. The Morgan fingerprint density at radius 1 is 1.03 bits per heavy atom. The number of nitrogens with one attached hydrogen (secondary N) is 2. The van der Waals surface area contributed by atoms with Gasteiger partial charge in [0.05, 0.1) is 0 Å². The van der Waals surface area contributed by atoms with E-state index in [0.717, 1.165) is 70.3 Å². The Morgan fingerprint density at radius 3 is 2.39 bits per heavy atom. The number of hydrogen-bond acceptors (Lipinski definition) is 4. The summed E-state index contributed by atoms with van der Waals surface area (Å²) < 4.78 is 0. The standard InChI is InChI=1S/C23H33ClN6.HI/c1-3-29-12-14-30(15-13-29)18-21-7-5-4-6-20(21)17-28-23(25-2)26-11-10-19-8-9-22(24)27-16-19;/h4-9,16H,3,10-15,17-18H2,1-2H3,(H2,25,26,28);1H. The molecule has 31 heavy (non-hydrogen) atoms. The van der Waals surface area contributed by atoms with Gasteiger partial charge in [0.15, 0.2) is 5.96 Å². The minimum Gasteiger partial charge on any atom is -0.356 e. The monoisotopic (exact) mass is 556 g/mol. The van der Waals surface area contributed by atoms with Gasteiger partial charge in [0.25, 0.3) is 0 Å². The lowest BCUT2D eigenvalue weighted by Crippen LogP contribution is -2.45. The van der Waals surface area contributed by atoms with Crippen LogP contribution in [0.1, 0.15) is 23.6 Å². The second kappa shape index (κ2) is 13.9. The first-order valence-corrected chi connectivity index (χ1v) is 11.1. The molecule has 0 bridgehead atoms. The summed E-state index contributed by atoms with van der Waals surface area (Å²) in [5.74, 6) is 0.809. The summed E-state index contributed by atoms with van der Waals surface area (Å²) in [7, 11) is 1.80. The Morgan fingerprint density at radius 2 is 1.74 bits per heavy atom. The second-order valence-corrected chi connectivity index (χ2v) is 7.96. The van der Waals surface area contributed by atoms with E-state index in [1.807, 2.05) is 18.3 Å². The van der Waals surface area contributed by atoms with Gasteiger partial charge in [-0.25, -0.2) is 4.98 Å². The molecule has 0 atom stereocenters.